The van der Waals surface area contributed by atoms with Gasteiger partial charge in [0, 0.05) is 7.05 Å². The minimum atomic E-state index is -4.52. The number of hydrogen-bond donors (Lipinski definition) is 2. The van der Waals surface area contributed by atoms with E-state index in [0.717, 1.165) is 29.5 Å². The second kappa shape index (κ2) is 5.86. The highest BCUT2D eigenvalue weighted by molar-refractivity contribution is 7.17. The van der Waals surface area contributed by atoms with Crippen molar-refractivity contribution in [2.75, 3.05) is 17.7 Å². The maximum absolute atomic E-state index is 12.6. The van der Waals surface area contributed by atoms with E-state index in [4.69, 9.17) is 11.6 Å². The lowest BCUT2D eigenvalue weighted by molar-refractivity contribution is -0.137. The first-order valence-electron chi connectivity index (χ1n) is 5.50. The smallest absolute Gasteiger partial charge is 0.363 e. The van der Waals surface area contributed by atoms with Crippen molar-refractivity contribution in [2.45, 2.75) is 6.18 Å². The van der Waals surface area contributed by atoms with Gasteiger partial charge in [0.15, 0.2) is 0 Å². The van der Waals surface area contributed by atoms with Crippen molar-refractivity contribution in [1.29, 1.82) is 0 Å². The lowest BCUT2D eigenvalue weighted by Crippen LogP contribution is -2.13. The average molecular weight is 337 g/mol. The van der Waals surface area contributed by atoms with E-state index < -0.39 is 17.6 Å². The van der Waals surface area contributed by atoms with Crippen molar-refractivity contribution in [1.82, 2.24) is 10.2 Å². The molecule has 1 heterocycles. The highest BCUT2D eigenvalue weighted by Crippen LogP contribution is 2.34. The predicted octanol–water partition coefficient (Wildman–Crippen LogP) is 3.50. The molecule has 0 saturated heterocycles. The van der Waals surface area contributed by atoms with Crippen molar-refractivity contribution in [3.8, 4) is 0 Å². The van der Waals surface area contributed by atoms with E-state index in [2.05, 4.69) is 20.8 Å². The van der Waals surface area contributed by atoms with Crippen LogP contribution in [0.15, 0.2) is 18.2 Å². The van der Waals surface area contributed by atoms with E-state index in [9.17, 15) is 18.0 Å². The van der Waals surface area contributed by atoms with Gasteiger partial charge < -0.3 is 10.6 Å². The Kier molecular flexibility index (Phi) is 4.33. The van der Waals surface area contributed by atoms with Crippen LogP contribution < -0.4 is 10.6 Å². The Morgan fingerprint density at radius 2 is 2.05 bits per heavy atom. The van der Waals surface area contributed by atoms with Crippen LogP contribution in [-0.2, 0) is 6.18 Å². The zero-order valence-corrected chi connectivity index (χ0v) is 12.0. The third kappa shape index (κ3) is 3.61. The zero-order valence-electron chi connectivity index (χ0n) is 10.5. The number of benzene rings is 1. The number of rotatable bonds is 3. The molecule has 112 valence electrons. The van der Waals surface area contributed by atoms with Gasteiger partial charge in [0.1, 0.15) is 0 Å². The Morgan fingerprint density at radius 3 is 2.62 bits per heavy atom. The normalized spacial score (nSPS) is 11.3. The molecule has 2 rings (SSSR count). The standard InChI is InChI=1S/C11H8ClF3N4OS/c1-16-10-19-18-9(21-10)8(20)17-7-4-5(11(13,14)15)2-3-6(7)12/h2-4H,1H3,(H,16,19)(H,17,20). The number of halogens is 4. The van der Waals surface area contributed by atoms with Crippen LogP contribution in [0.3, 0.4) is 0 Å². The minimum Gasteiger partial charge on any atom is -0.363 e. The molecule has 21 heavy (non-hydrogen) atoms. The number of anilines is 2. The summed E-state index contributed by atoms with van der Waals surface area (Å²) in [7, 11) is 1.60. The number of carbonyl (C=O) groups is 1. The molecule has 1 aromatic heterocycles. The molecular formula is C11H8ClF3N4OS. The highest BCUT2D eigenvalue weighted by atomic mass is 35.5. The van der Waals surface area contributed by atoms with Crippen LogP contribution in [0.25, 0.3) is 0 Å². The summed E-state index contributed by atoms with van der Waals surface area (Å²) in [6, 6.07) is 2.67. The zero-order chi connectivity index (χ0) is 15.6. The van der Waals surface area contributed by atoms with Crippen LogP contribution in [0, 0.1) is 0 Å². The second-order valence-corrected chi connectivity index (χ2v) is 5.19. The molecule has 0 aliphatic rings. The summed E-state index contributed by atoms with van der Waals surface area (Å²) >= 11 is 6.75. The molecule has 2 N–H and O–H groups in total. The molecule has 0 saturated carbocycles. The molecule has 0 atom stereocenters. The second-order valence-electron chi connectivity index (χ2n) is 3.81. The molecule has 5 nitrogen and oxygen atoms in total. The van der Waals surface area contributed by atoms with Gasteiger partial charge in [-0.25, -0.2) is 0 Å². The number of alkyl halides is 3. The molecule has 0 unspecified atom stereocenters. The first kappa shape index (κ1) is 15.5. The Hall–Kier alpha value is -1.87. The number of hydrogen-bond acceptors (Lipinski definition) is 5. The van der Waals surface area contributed by atoms with E-state index in [1.165, 1.54) is 0 Å². The van der Waals surface area contributed by atoms with Gasteiger partial charge in [0.2, 0.25) is 10.1 Å². The first-order chi connectivity index (χ1) is 9.81. The number of amides is 1. The van der Waals surface area contributed by atoms with Crippen molar-refractivity contribution < 1.29 is 18.0 Å². The highest BCUT2D eigenvalue weighted by Gasteiger charge is 2.31. The van der Waals surface area contributed by atoms with Gasteiger partial charge in [-0.1, -0.05) is 22.9 Å². The number of carbonyl (C=O) groups excluding carboxylic acids is 1. The van der Waals surface area contributed by atoms with Gasteiger partial charge in [-0.05, 0) is 18.2 Å². The molecule has 1 amide bonds. The summed E-state index contributed by atoms with van der Waals surface area (Å²) < 4.78 is 37.9. The summed E-state index contributed by atoms with van der Waals surface area (Å²) in [5.41, 5.74) is -1.05. The Bertz CT molecular complexity index is 674. The molecule has 0 radical (unpaired) electrons. The summed E-state index contributed by atoms with van der Waals surface area (Å²) in [4.78, 5) is 11.9. The summed E-state index contributed by atoms with van der Waals surface area (Å²) in [6.07, 6.45) is -4.52. The topological polar surface area (TPSA) is 66.9 Å². The lowest BCUT2D eigenvalue weighted by atomic mass is 10.2. The number of nitrogens with zero attached hydrogens (tertiary/aromatic N) is 2. The third-order valence-electron chi connectivity index (χ3n) is 2.37. The molecule has 0 bridgehead atoms. The van der Waals surface area contributed by atoms with Gasteiger partial charge in [0.25, 0.3) is 5.91 Å². The van der Waals surface area contributed by atoms with Crippen LogP contribution in [0.4, 0.5) is 24.0 Å². The maximum atomic E-state index is 12.6. The van der Waals surface area contributed by atoms with Crippen molar-refractivity contribution >= 4 is 39.7 Å². The molecule has 0 aliphatic carbocycles. The Morgan fingerprint density at radius 1 is 1.33 bits per heavy atom. The van der Waals surface area contributed by atoms with E-state index in [1.807, 2.05) is 0 Å². The third-order valence-corrected chi connectivity index (χ3v) is 3.64. The molecule has 0 fully saturated rings. The fourth-order valence-electron chi connectivity index (χ4n) is 1.39. The SMILES string of the molecule is CNc1nnc(C(=O)Nc2cc(C(F)(F)F)ccc2Cl)s1. The predicted molar refractivity (Wildman–Crippen MR) is 73.9 cm³/mol. The summed E-state index contributed by atoms with van der Waals surface area (Å²) in [6.45, 7) is 0. The molecule has 0 aliphatic heterocycles. The quantitative estimate of drug-likeness (QED) is 0.900. The van der Waals surface area contributed by atoms with Gasteiger partial charge >= 0.3 is 6.18 Å². The van der Waals surface area contributed by atoms with E-state index in [1.54, 1.807) is 7.05 Å². The first-order valence-corrected chi connectivity index (χ1v) is 6.70. The molecular weight excluding hydrogens is 329 g/mol. The van der Waals surface area contributed by atoms with Crippen LogP contribution in [0.1, 0.15) is 15.4 Å². The van der Waals surface area contributed by atoms with Crippen molar-refractivity contribution in [3.63, 3.8) is 0 Å². The molecule has 1 aromatic carbocycles. The molecule has 2 aromatic rings. The molecule has 10 heteroatoms. The van der Waals surface area contributed by atoms with Crippen LogP contribution in [0.5, 0.6) is 0 Å². The van der Waals surface area contributed by atoms with Gasteiger partial charge in [0.05, 0.1) is 16.3 Å². The minimum absolute atomic E-state index is 0.00490. The number of aromatic nitrogens is 2. The summed E-state index contributed by atoms with van der Waals surface area (Å²) in [5.74, 6) is -0.685. The van der Waals surface area contributed by atoms with Crippen LogP contribution in [-0.4, -0.2) is 23.2 Å². The monoisotopic (exact) mass is 336 g/mol. The van der Waals surface area contributed by atoms with Crippen molar-refractivity contribution in [2.24, 2.45) is 0 Å². The fraction of sp³-hybridized carbons (Fsp3) is 0.182. The largest absolute Gasteiger partial charge is 0.416 e. The van der Waals surface area contributed by atoms with Crippen LogP contribution in [0.2, 0.25) is 5.02 Å². The van der Waals surface area contributed by atoms with E-state index in [-0.39, 0.29) is 15.7 Å². The fourth-order valence-corrected chi connectivity index (χ4v) is 2.15. The Labute approximate surface area is 126 Å². The van der Waals surface area contributed by atoms with E-state index >= 15 is 0 Å². The average Bonchev–Trinajstić information content (AvgIpc) is 2.88. The van der Waals surface area contributed by atoms with Crippen molar-refractivity contribution in [3.05, 3.63) is 33.8 Å². The lowest BCUT2D eigenvalue weighted by Gasteiger charge is -2.10. The maximum Gasteiger partial charge on any atom is 0.416 e. The summed E-state index contributed by atoms with van der Waals surface area (Å²) in [5, 5.41) is 12.7. The molecule has 0 spiro atoms. The van der Waals surface area contributed by atoms with Gasteiger partial charge in [-0.2, -0.15) is 13.2 Å². The number of nitrogens with one attached hydrogen (secondary N) is 2. The van der Waals surface area contributed by atoms with Gasteiger partial charge in [-0.15, -0.1) is 10.2 Å². The van der Waals surface area contributed by atoms with Gasteiger partial charge in [-0.3, -0.25) is 4.79 Å². The Balaban J connectivity index is 2.24. The van der Waals surface area contributed by atoms with E-state index in [0.29, 0.717) is 5.13 Å². The van der Waals surface area contributed by atoms with Crippen LogP contribution >= 0.6 is 22.9 Å².